The first-order chi connectivity index (χ1) is 10.2. The summed E-state index contributed by atoms with van der Waals surface area (Å²) in [6, 6.07) is 7.99. The highest BCUT2D eigenvalue weighted by Gasteiger charge is 2.17. The van der Waals surface area contributed by atoms with Crippen LogP contribution in [0.2, 0.25) is 5.02 Å². The topological polar surface area (TPSA) is 56.2 Å². The Hall–Kier alpha value is -2.25. The maximum Gasteiger partial charge on any atom is 0.235 e. The zero-order valence-corrected chi connectivity index (χ0v) is 11.9. The summed E-state index contributed by atoms with van der Waals surface area (Å²) < 4.78 is 20.8. The van der Waals surface area contributed by atoms with Crippen LogP contribution in [0.1, 0.15) is 0 Å². The Morgan fingerprint density at radius 2 is 2.14 bits per heavy atom. The van der Waals surface area contributed by atoms with E-state index in [1.165, 1.54) is 21.9 Å². The Kier molecular flexibility index (Phi) is 2.76. The van der Waals surface area contributed by atoms with E-state index in [1.807, 2.05) is 0 Å². The van der Waals surface area contributed by atoms with Gasteiger partial charge in [0.1, 0.15) is 5.82 Å². The predicted molar refractivity (Wildman–Crippen MR) is 76.8 cm³/mol. The molecule has 0 amide bonds. The molecule has 4 rings (SSSR count). The van der Waals surface area contributed by atoms with Crippen LogP contribution in [0.4, 0.5) is 4.39 Å². The van der Waals surface area contributed by atoms with Crippen LogP contribution in [0, 0.1) is 5.82 Å². The van der Waals surface area contributed by atoms with Crippen molar-refractivity contribution >= 4 is 27.9 Å². The molecule has 104 valence electrons. The van der Waals surface area contributed by atoms with Crippen LogP contribution in [-0.2, 0) is 0 Å². The second-order valence-corrected chi connectivity index (χ2v) is 5.62. The predicted octanol–water partition coefficient (Wildman–Crippen LogP) is 3.91. The summed E-state index contributed by atoms with van der Waals surface area (Å²) in [5.74, 6) is 0.606. The van der Waals surface area contributed by atoms with E-state index in [2.05, 4.69) is 15.3 Å². The standard InChI is InChI=1S/C13H6ClFN4OS/c14-7-3-4-8(9(15)6-7)12-18-19-11(10-2-1-5-20-10)16-17-13(19)21-12/h1-6H. The minimum atomic E-state index is -0.424. The van der Waals surface area contributed by atoms with Gasteiger partial charge in [0.2, 0.25) is 10.8 Å². The van der Waals surface area contributed by atoms with Gasteiger partial charge in [-0.2, -0.15) is 9.61 Å². The van der Waals surface area contributed by atoms with E-state index >= 15 is 0 Å². The van der Waals surface area contributed by atoms with Gasteiger partial charge in [-0.15, -0.1) is 10.2 Å². The average Bonchev–Trinajstić information content (AvgIpc) is 3.13. The summed E-state index contributed by atoms with van der Waals surface area (Å²) in [7, 11) is 0. The summed E-state index contributed by atoms with van der Waals surface area (Å²) in [6.07, 6.45) is 1.54. The first kappa shape index (κ1) is 12.5. The molecule has 0 atom stereocenters. The van der Waals surface area contributed by atoms with E-state index in [-0.39, 0.29) is 0 Å². The van der Waals surface area contributed by atoms with E-state index in [4.69, 9.17) is 16.0 Å². The molecule has 0 spiro atoms. The van der Waals surface area contributed by atoms with Crippen molar-refractivity contribution in [2.75, 3.05) is 0 Å². The quantitative estimate of drug-likeness (QED) is 0.562. The summed E-state index contributed by atoms with van der Waals surface area (Å²) in [5.41, 5.74) is 0.375. The minimum Gasteiger partial charge on any atom is -0.461 e. The second-order valence-electron chi connectivity index (χ2n) is 4.23. The molecule has 0 fully saturated rings. The SMILES string of the molecule is Fc1cc(Cl)ccc1-c1nn2c(-c3ccco3)nnc2s1. The summed E-state index contributed by atoms with van der Waals surface area (Å²) in [5, 5.41) is 13.3. The van der Waals surface area contributed by atoms with Gasteiger partial charge < -0.3 is 4.42 Å². The van der Waals surface area contributed by atoms with E-state index in [9.17, 15) is 4.39 Å². The van der Waals surface area contributed by atoms with Crippen LogP contribution in [0.3, 0.4) is 0 Å². The number of nitrogens with zero attached hydrogens (tertiary/aromatic N) is 4. The lowest BCUT2D eigenvalue weighted by atomic mass is 10.2. The Morgan fingerprint density at radius 1 is 1.24 bits per heavy atom. The normalized spacial score (nSPS) is 11.3. The first-order valence-corrected chi connectivity index (χ1v) is 7.13. The maximum atomic E-state index is 14.0. The molecule has 1 aromatic carbocycles. The van der Waals surface area contributed by atoms with Crippen LogP contribution >= 0.6 is 22.9 Å². The fraction of sp³-hybridized carbons (Fsp3) is 0. The summed E-state index contributed by atoms with van der Waals surface area (Å²) in [6.45, 7) is 0. The number of aromatic nitrogens is 4. The Balaban J connectivity index is 1.88. The van der Waals surface area contributed by atoms with Crippen molar-refractivity contribution < 1.29 is 8.81 Å². The zero-order chi connectivity index (χ0) is 14.4. The van der Waals surface area contributed by atoms with Crippen molar-refractivity contribution in [2.24, 2.45) is 0 Å². The molecule has 0 bridgehead atoms. The second kappa shape index (κ2) is 4.64. The van der Waals surface area contributed by atoms with Crippen molar-refractivity contribution in [3.63, 3.8) is 0 Å². The number of hydrogen-bond donors (Lipinski definition) is 0. The van der Waals surface area contributed by atoms with Crippen molar-refractivity contribution in [2.45, 2.75) is 0 Å². The Labute approximate surface area is 126 Å². The molecular formula is C13H6ClFN4OS. The largest absolute Gasteiger partial charge is 0.461 e. The van der Waals surface area contributed by atoms with Crippen molar-refractivity contribution in [1.82, 2.24) is 19.8 Å². The number of hydrogen-bond acceptors (Lipinski definition) is 5. The minimum absolute atomic E-state index is 0.343. The molecule has 4 aromatic rings. The lowest BCUT2D eigenvalue weighted by molar-refractivity contribution is 0.575. The van der Waals surface area contributed by atoms with Gasteiger partial charge in [0, 0.05) is 10.6 Å². The molecule has 5 nitrogen and oxygen atoms in total. The van der Waals surface area contributed by atoms with Gasteiger partial charge in [0.25, 0.3) is 0 Å². The van der Waals surface area contributed by atoms with Crippen LogP contribution in [0.25, 0.3) is 27.1 Å². The third-order valence-corrected chi connectivity index (χ3v) is 4.06. The molecule has 0 saturated carbocycles. The highest BCUT2D eigenvalue weighted by atomic mass is 35.5. The fourth-order valence-corrected chi connectivity index (χ4v) is 2.97. The molecule has 0 N–H and O–H groups in total. The molecule has 3 aromatic heterocycles. The van der Waals surface area contributed by atoms with E-state index in [0.717, 1.165) is 0 Å². The summed E-state index contributed by atoms with van der Waals surface area (Å²) >= 11 is 7.00. The number of halogens is 2. The van der Waals surface area contributed by atoms with Crippen molar-refractivity contribution in [3.8, 4) is 22.2 Å². The molecule has 0 radical (unpaired) electrons. The highest BCUT2D eigenvalue weighted by molar-refractivity contribution is 7.19. The van der Waals surface area contributed by atoms with Crippen LogP contribution in [-0.4, -0.2) is 19.8 Å². The third kappa shape index (κ3) is 2.01. The first-order valence-electron chi connectivity index (χ1n) is 5.94. The number of furan rings is 1. The maximum absolute atomic E-state index is 14.0. The average molecular weight is 321 g/mol. The molecule has 21 heavy (non-hydrogen) atoms. The van der Waals surface area contributed by atoms with Crippen LogP contribution in [0.15, 0.2) is 41.0 Å². The third-order valence-electron chi connectivity index (χ3n) is 2.89. The molecule has 0 aliphatic rings. The molecule has 0 unspecified atom stereocenters. The molecule has 0 aliphatic heterocycles. The molecule has 0 saturated heterocycles. The monoisotopic (exact) mass is 320 g/mol. The lowest BCUT2D eigenvalue weighted by Gasteiger charge is -1.98. The van der Waals surface area contributed by atoms with Gasteiger partial charge >= 0.3 is 0 Å². The lowest BCUT2D eigenvalue weighted by Crippen LogP contribution is -1.90. The van der Waals surface area contributed by atoms with Gasteiger partial charge in [-0.05, 0) is 30.3 Å². The van der Waals surface area contributed by atoms with Gasteiger partial charge in [0.15, 0.2) is 10.8 Å². The molecular weight excluding hydrogens is 315 g/mol. The molecule has 8 heteroatoms. The van der Waals surface area contributed by atoms with E-state index < -0.39 is 5.82 Å². The zero-order valence-electron chi connectivity index (χ0n) is 10.3. The van der Waals surface area contributed by atoms with Crippen LogP contribution in [0.5, 0.6) is 0 Å². The van der Waals surface area contributed by atoms with Crippen LogP contribution < -0.4 is 0 Å². The van der Waals surface area contributed by atoms with Crippen molar-refractivity contribution in [3.05, 3.63) is 47.4 Å². The molecule has 3 heterocycles. The van der Waals surface area contributed by atoms with Gasteiger partial charge in [-0.1, -0.05) is 22.9 Å². The number of rotatable bonds is 2. The summed E-state index contributed by atoms with van der Waals surface area (Å²) in [4.78, 5) is 0.561. The Bertz CT molecular complexity index is 931. The Morgan fingerprint density at radius 3 is 2.90 bits per heavy atom. The van der Waals surface area contributed by atoms with Gasteiger partial charge in [-0.3, -0.25) is 0 Å². The van der Waals surface area contributed by atoms with E-state index in [1.54, 1.807) is 30.5 Å². The highest BCUT2D eigenvalue weighted by Crippen LogP contribution is 2.30. The van der Waals surface area contributed by atoms with Gasteiger partial charge in [0.05, 0.1) is 6.26 Å². The fourth-order valence-electron chi connectivity index (χ4n) is 1.95. The van der Waals surface area contributed by atoms with Crippen molar-refractivity contribution in [1.29, 1.82) is 0 Å². The number of fused-ring (bicyclic) bond motifs is 1. The number of benzene rings is 1. The van der Waals surface area contributed by atoms with Gasteiger partial charge in [-0.25, -0.2) is 4.39 Å². The smallest absolute Gasteiger partial charge is 0.235 e. The molecule has 0 aliphatic carbocycles. The van der Waals surface area contributed by atoms with E-state index in [0.29, 0.717) is 32.1 Å².